The molecule has 90 valence electrons. The van der Waals surface area contributed by atoms with Gasteiger partial charge in [-0.1, -0.05) is 13.3 Å². The van der Waals surface area contributed by atoms with E-state index in [4.69, 9.17) is 0 Å². The summed E-state index contributed by atoms with van der Waals surface area (Å²) < 4.78 is 1.98. The molecule has 1 aromatic heterocycles. The third kappa shape index (κ3) is 2.85. The van der Waals surface area contributed by atoms with Crippen molar-refractivity contribution in [2.45, 2.75) is 52.6 Å². The molecule has 1 aliphatic rings. The van der Waals surface area contributed by atoms with E-state index >= 15 is 0 Å². The van der Waals surface area contributed by atoms with Crippen molar-refractivity contribution in [3.8, 4) is 0 Å². The van der Waals surface area contributed by atoms with Gasteiger partial charge in [0.15, 0.2) is 0 Å². The van der Waals surface area contributed by atoms with E-state index in [1.807, 2.05) is 10.9 Å². The Morgan fingerprint density at radius 1 is 1.44 bits per heavy atom. The minimum atomic E-state index is 0.648. The molecule has 0 atom stereocenters. The first-order chi connectivity index (χ1) is 7.78. The number of hydrogen-bond donors (Lipinski definition) is 1. The first kappa shape index (κ1) is 11.6. The first-order valence-corrected chi connectivity index (χ1v) is 6.50. The molecule has 0 unspecified atom stereocenters. The SMILES string of the molecule is CCCC1(CNCc2cnn(CC)c2)CC1. The summed E-state index contributed by atoms with van der Waals surface area (Å²) >= 11 is 0. The molecule has 1 aliphatic carbocycles. The van der Waals surface area contributed by atoms with Crippen LogP contribution in [0.15, 0.2) is 12.4 Å². The number of hydrogen-bond acceptors (Lipinski definition) is 2. The monoisotopic (exact) mass is 221 g/mol. The molecule has 1 heterocycles. The third-order valence-electron chi connectivity index (χ3n) is 3.58. The molecule has 1 aromatic rings. The van der Waals surface area contributed by atoms with E-state index in [0.29, 0.717) is 5.41 Å². The van der Waals surface area contributed by atoms with Gasteiger partial charge in [-0.2, -0.15) is 5.10 Å². The molecule has 0 amide bonds. The lowest BCUT2D eigenvalue weighted by Gasteiger charge is -2.14. The summed E-state index contributed by atoms with van der Waals surface area (Å²) in [5.74, 6) is 0. The maximum absolute atomic E-state index is 4.28. The second kappa shape index (κ2) is 5.00. The summed E-state index contributed by atoms with van der Waals surface area (Å²) in [6.07, 6.45) is 9.63. The van der Waals surface area contributed by atoms with Crippen molar-refractivity contribution in [3.63, 3.8) is 0 Å². The molecule has 2 rings (SSSR count). The van der Waals surface area contributed by atoms with Crippen LogP contribution < -0.4 is 5.32 Å². The lowest BCUT2D eigenvalue weighted by Crippen LogP contribution is -2.23. The van der Waals surface area contributed by atoms with Crippen LogP contribution in [0.2, 0.25) is 0 Å². The Morgan fingerprint density at radius 3 is 2.81 bits per heavy atom. The molecule has 0 spiro atoms. The Balaban J connectivity index is 1.71. The van der Waals surface area contributed by atoms with Gasteiger partial charge in [0.2, 0.25) is 0 Å². The fraction of sp³-hybridized carbons (Fsp3) is 0.769. The van der Waals surface area contributed by atoms with E-state index in [1.54, 1.807) is 0 Å². The average Bonchev–Trinajstić information content (AvgIpc) is 2.89. The van der Waals surface area contributed by atoms with Gasteiger partial charge in [0.1, 0.15) is 0 Å². The van der Waals surface area contributed by atoms with Crippen molar-refractivity contribution in [2.24, 2.45) is 5.41 Å². The molecule has 16 heavy (non-hydrogen) atoms. The Bertz CT molecular complexity index is 326. The second-order valence-electron chi connectivity index (χ2n) is 5.06. The van der Waals surface area contributed by atoms with Crippen molar-refractivity contribution in [3.05, 3.63) is 18.0 Å². The summed E-state index contributed by atoms with van der Waals surface area (Å²) in [6.45, 7) is 7.50. The molecule has 0 aromatic carbocycles. The number of nitrogens with one attached hydrogen (secondary N) is 1. The molecule has 0 radical (unpaired) electrons. The molecule has 3 nitrogen and oxygen atoms in total. The van der Waals surface area contributed by atoms with E-state index < -0.39 is 0 Å². The van der Waals surface area contributed by atoms with E-state index in [9.17, 15) is 0 Å². The van der Waals surface area contributed by atoms with Gasteiger partial charge in [-0.15, -0.1) is 0 Å². The van der Waals surface area contributed by atoms with Crippen molar-refractivity contribution in [1.29, 1.82) is 0 Å². The second-order valence-corrected chi connectivity index (χ2v) is 5.06. The number of aryl methyl sites for hydroxylation is 1. The summed E-state index contributed by atoms with van der Waals surface area (Å²) in [4.78, 5) is 0. The zero-order chi connectivity index (χ0) is 11.4. The molecule has 1 N–H and O–H groups in total. The molecule has 3 heteroatoms. The van der Waals surface area contributed by atoms with Crippen LogP contribution >= 0.6 is 0 Å². The third-order valence-corrected chi connectivity index (χ3v) is 3.58. The first-order valence-electron chi connectivity index (χ1n) is 6.50. The topological polar surface area (TPSA) is 29.9 Å². The molecule has 0 bridgehead atoms. The van der Waals surface area contributed by atoms with Crippen LogP contribution in [0.3, 0.4) is 0 Å². The van der Waals surface area contributed by atoms with Crippen LogP contribution in [0, 0.1) is 5.41 Å². The van der Waals surface area contributed by atoms with Gasteiger partial charge in [0, 0.05) is 31.4 Å². The maximum atomic E-state index is 4.28. The number of nitrogens with zero attached hydrogens (tertiary/aromatic N) is 2. The minimum absolute atomic E-state index is 0.648. The van der Waals surface area contributed by atoms with Gasteiger partial charge in [-0.05, 0) is 31.6 Å². The highest BCUT2D eigenvalue weighted by Gasteiger charge is 2.40. The van der Waals surface area contributed by atoms with Gasteiger partial charge in [0.05, 0.1) is 6.20 Å². The van der Waals surface area contributed by atoms with Crippen LogP contribution in [-0.2, 0) is 13.1 Å². The van der Waals surface area contributed by atoms with Crippen molar-refractivity contribution >= 4 is 0 Å². The maximum Gasteiger partial charge on any atom is 0.0534 e. The minimum Gasteiger partial charge on any atom is -0.312 e. The molecule has 1 saturated carbocycles. The smallest absolute Gasteiger partial charge is 0.0534 e. The number of rotatable bonds is 7. The highest BCUT2D eigenvalue weighted by molar-refractivity contribution is 5.04. The summed E-state index contributed by atoms with van der Waals surface area (Å²) in [5, 5.41) is 7.85. The quantitative estimate of drug-likeness (QED) is 0.767. The van der Waals surface area contributed by atoms with E-state index in [1.165, 1.54) is 37.8 Å². The highest BCUT2D eigenvalue weighted by Crippen LogP contribution is 2.48. The molecule has 0 saturated heterocycles. The molecular formula is C13H23N3. The lowest BCUT2D eigenvalue weighted by molar-refractivity contribution is 0.421. The van der Waals surface area contributed by atoms with Gasteiger partial charge >= 0.3 is 0 Å². The number of aromatic nitrogens is 2. The van der Waals surface area contributed by atoms with Gasteiger partial charge < -0.3 is 5.32 Å². The van der Waals surface area contributed by atoms with Crippen molar-refractivity contribution < 1.29 is 0 Å². The zero-order valence-electron chi connectivity index (χ0n) is 10.5. The summed E-state index contributed by atoms with van der Waals surface area (Å²) in [5.41, 5.74) is 1.95. The molecular weight excluding hydrogens is 198 g/mol. The van der Waals surface area contributed by atoms with Crippen LogP contribution in [0.25, 0.3) is 0 Å². The highest BCUT2D eigenvalue weighted by atomic mass is 15.3. The van der Waals surface area contributed by atoms with E-state index in [0.717, 1.165) is 13.1 Å². The van der Waals surface area contributed by atoms with E-state index in [-0.39, 0.29) is 0 Å². The van der Waals surface area contributed by atoms with Gasteiger partial charge in [-0.25, -0.2) is 0 Å². The standard InChI is InChI=1S/C13H23N3/c1-3-5-13(6-7-13)11-14-8-12-9-15-16(4-2)10-12/h9-10,14H,3-8,11H2,1-2H3. The van der Waals surface area contributed by atoms with Crippen LogP contribution in [0.1, 0.15) is 45.1 Å². The summed E-state index contributed by atoms with van der Waals surface area (Å²) in [6, 6.07) is 0. The Hall–Kier alpha value is -0.830. The van der Waals surface area contributed by atoms with Crippen molar-refractivity contribution in [1.82, 2.24) is 15.1 Å². The largest absolute Gasteiger partial charge is 0.312 e. The summed E-state index contributed by atoms with van der Waals surface area (Å²) in [7, 11) is 0. The van der Waals surface area contributed by atoms with Crippen LogP contribution in [0.4, 0.5) is 0 Å². The Labute approximate surface area is 98.2 Å². The lowest BCUT2D eigenvalue weighted by atomic mass is 10.0. The van der Waals surface area contributed by atoms with Crippen molar-refractivity contribution in [2.75, 3.05) is 6.54 Å². The fourth-order valence-electron chi connectivity index (χ4n) is 2.36. The predicted octanol–water partition coefficient (Wildman–Crippen LogP) is 2.57. The average molecular weight is 221 g/mol. The normalized spacial score (nSPS) is 17.6. The fourth-order valence-corrected chi connectivity index (χ4v) is 2.36. The van der Waals surface area contributed by atoms with Crippen LogP contribution in [0.5, 0.6) is 0 Å². The Kier molecular flexibility index (Phi) is 3.64. The molecule has 1 fully saturated rings. The Morgan fingerprint density at radius 2 is 2.25 bits per heavy atom. The predicted molar refractivity (Wildman–Crippen MR) is 66.2 cm³/mol. The van der Waals surface area contributed by atoms with E-state index in [2.05, 4.69) is 30.5 Å². The molecule has 0 aliphatic heterocycles. The van der Waals surface area contributed by atoms with Gasteiger partial charge in [0.25, 0.3) is 0 Å². The van der Waals surface area contributed by atoms with Crippen LogP contribution in [-0.4, -0.2) is 16.3 Å². The van der Waals surface area contributed by atoms with Gasteiger partial charge in [-0.3, -0.25) is 4.68 Å². The zero-order valence-corrected chi connectivity index (χ0v) is 10.5.